The van der Waals surface area contributed by atoms with Crippen LogP contribution in [0.1, 0.15) is 140 Å². The van der Waals surface area contributed by atoms with Crippen LogP contribution in [0.15, 0.2) is 119 Å². The van der Waals surface area contributed by atoms with Gasteiger partial charge in [0.25, 0.3) is 20.4 Å². The quantitative estimate of drug-likeness (QED) is 0.0200. The van der Waals surface area contributed by atoms with Gasteiger partial charge in [-0.05, 0) is 173 Å². The number of rotatable bonds is 26. The second-order valence-electron chi connectivity index (χ2n) is 27.7. The Morgan fingerprint density at radius 3 is 1.39 bits per heavy atom. The van der Waals surface area contributed by atoms with Gasteiger partial charge in [-0.3, -0.25) is 0 Å². The topological polar surface area (TPSA) is 187 Å². The summed E-state index contributed by atoms with van der Waals surface area (Å²) in [6, 6.07) is 24.4. The number of nitrogens with one attached hydrogen (secondary N) is 2. The zero-order valence-electron chi connectivity index (χ0n) is 61.0. The largest absolute Gasteiger partial charge is 1.00 e. The minimum atomic E-state index is -4.63. The molecule has 4 aromatic rings. The first-order chi connectivity index (χ1) is 47.6. The summed E-state index contributed by atoms with van der Waals surface area (Å²) < 4.78 is 178. The number of piperidine rings is 2. The average Bonchev–Trinajstić information content (AvgIpc) is 0.794. The molecular formula is C72H109Cl2F4N10NaO8S4. The van der Waals surface area contributed by atoms with Crippen molar-refractivity contribution >= 4 is 75.0 Å². The predicted molar refractivity (Wildman–Crippen MR) is 398 cm³/mol. The van der Waals surface area contributed by atoms with Gasteiger partial charge in [-0.25, -0.2) is 43.8 Å². The van der Waals surface area contributed by atoms with Crippen molar-refractivity contribution in [3.05, 3.63) is 144 Å². The Morgan fingerprint density at radius 2 is 0.941 bits per heavy atom. The van der Waals surface area contributed by atoms with Crippen LogP contribution in [0.4, 0.5) is 28.9 Å². The third kappa shape index (κ3) is 26.6. The van der Waals surface area contributed by atoms with Crippen molar-refractivity contribution in [2.45, 2.75) is 137 Å². The number of hydrogen-bond donors (Lipinski definition) is 2. The summed E-state index contributed by atoms with van der Waals surface area (Å²) in [5.74, 6) is -1.88. The average molecular weight is 1540 g/mol. The zero-order chi connectivity index (χ0) is 72.6. The second kappa shape index (κ2) is 42.3. The minimum Gasteiger partial charge on any atom is -1.00 e. The van der Waals surface area contributed by atoms with E-state index in [0.29, 0.717) is 133 Å². The number of hydrogen-bond acceptors (Lipinski definition) is 12. The third-order valence-corrected chi connectivity index (χ3v) is 27.4. The maximum Gasteiger partial charge on any atom is 1.00 e. The Balaban J connectivity index is 0.000000335. The van der Waals surface area contributed by atoms with E-state index in [9.17, 15) is 42.5 Å². The number of nitrogens with zero attached hydrogens (tertiary/aromatic N) is 8. The standard InChI is InChI=1S/C36H53F2N5O4S2.C32H49F2N5O4S2.C4H6Cl2.Na.H/c1-29-26-42(48(44,45)36-34(37)24-33(39(2)3)25-35(36)38)20-10-18-40(28-30-12-6-4-7-13-30)19-11-21-43(27-29)49(46,47)41-22-16-32(17-23-41)31-14-8-5-9-15-31;1-37(2)29-23-30(33)32(31(34)24-29)44(40,41)35-17-9-19-38(25-26-11-5-3-6-12-26)20-10-18-36-45(42,43)39-21-15-28(16-22-39)27-13-7-4-8-14-27;1-4(2-5)3-6;;/h5,8-9,14-15,24-25,30,32H,1,4,6-7,10-13,16-23,26-28H2,2-3H3;4,7-8,13-14,23-24,26,28,35-36H,3,5-6,9-12,15-22,25H2,1-2H3;1-3H2;;/q;;;+1;-1. The van der Waals surface area contributed by atoms with Crippen LogP contribution in [0, 0.1) is 35.1 Å². The molecule has 2 aliphatic carbocycles. The molecular weight excluding hydrogens is 1430 g/mol. The first kappa shape index (κ1) is 86.7. The summed E-state index contributed by atoms with van der Waals surface area (Å²) in [7, 11) is -10.0. The number of halogens is 6. The van der Waals surface area contributed by atoms with Gasteiger partial charge in [-0.1, -0.05) is 112 Å². The first-order valence-corrected chi connectivity index (χ1v) is 42.3. The number of benzene rings is 4. The monoisotopic (exact) mass is 1540 g/mol. The Labute approximate surface area is 635 Å². The van der Waals surface area contributed by atoms with Crippen molar-refractivity contribution < 1.29 is 82.2 Å². The van der Waals surface area contributed by atoms with Crippen molar-refractivity contribution in [2.75, 3.05) is 154 Å². The number of allylic oxidation sites excluding steroid dienone is 1. The molecule has 29 heteroatoms. The van der Waals surface area contributed by atoms with Crippen LogP contribution in [-0.4, -0.2) is 205 Å². The summed E-state index contributed by atoms with van der Waals surface area (Å²) >= 11 is 10.5. The van der Waals surface area contributed by atoms with E-state index < -0.39 is 73.5 Å². The molecule has 5 fully saturated rings. The van der Waals surface area contributed by atoms with Crippen molar-refractivity contribution in [1.82, 2.24) is 36.5 Å². The van der Waals surface area contributed by atoms with Crippen LogP contribution in [0.2, 0.25) is 0 Å². The van der Waals surface area contributed by atoms with Gasteiger partial charge in [0.05, 0.1) is 0 Å². The molecule has 2 saturated carbocycles. The summed E-state index contributed by atoms with van der Waals surface area (Å²) in [5.41, 5.74) is 4.13. The minimum absolute atomic E-state index is 0. The van der Waals surface area contributed by atoms with Crippen LogP contribution >= 0.6 is 23.2 Å². The Morgan fingerprint density at radius 1 is 0.525 bits per heavy atom. The first-order valence-electron chi connectivity index (χ1n) is 35.5. The van der Waals surface area contributed by atoms with E-state index in [4.69, 9.17) is 23.2 Å². The molecule has 9 rings (SSSR count). The molecule has 2 N–H and O–H groups in total. The Bertz CT molecular complexity index is 3640. The van der Waals surface area contributed by atoms with Gasteiger partial charge in [0.2, 0.25) is 20.0 Å². The van der Waals surface area contributed by atoms with E-state index in [0.717, 1.165) is 85.8 Å². The summed E-state index contributed by atoms with van der Waals surface area (Å²) in [6.07, 6.45) is 17.1. The van der Waals surface area contributed by atoms with Crippen LogP contribution in [0.3, 0.4) is 0 Å². The van der Waals surface area contributed by atoms with Crippen LogP contribution in [0.25, 0.3) is 0 Å². The normalized spacial score (nSPS) is 18.9. The van der Waals surface area contributed by atoms with Gasteiger partial charge in [-0.15, -0.1) is 23.2 Å². The predicted octanol–water partition coefficient (Wildman–Crippen LogP) is 9.50. The molecule has 18 nitrogen and oxygen atoms in total. The molecule has 0 radical (unpaired) electrons. The zero-order valence-corrected chi connectivity index (χ0v) is 66.8. The van der Waals surface area contributed by atoms with Crippen LogP contribution in [0.5, 0.6) is 0 Å². The maximum atomic E-state index is 15.4. The van der Waals surface area contributed by atoms with E-state index in [-0.39, 0.29) is 81.0 Å². The summed E-state index contributed by atoms with van der Waals surface area (Å²) in [4.78, 5) is 5.61. The van der Waals surface area contributed by atoms with Crippen LogP contribution < -0.4 is 48.8 Å². The van der Waals surface area contributed by atoms with Crippen molar-refractivity contribution in [3.8, 4) is 0 Å². The molecule has 0 amide bonds. The molecule has 4 aromatic carbocycles. The van der Waals surface area contributed by atoms with Crippen molar-refractivity contribution in [1.29, 1.82) is 0 Å². The molecule has 0 spiro atoms. The molecule has 3 saturated heterocycles. The molecule has 0 unspecified atom stereocenters. The molecule has 5 aliphatic rings. The Kier molecular flexibility index (Phi) is 36.3. The van der Waals surface area contributed by atoms with Gasteiger partial charge in [-0.2, -0.15) is 34.1 Å². The summed E-state index contributed by atoms with van der Waals surface area (Å²) in [5, 5.41) is 0. The molecule has 0 bridgehead atoms. The third-order valence-electron chi connectivity index (χ3n) is 19.6. The van der Waals surface area contributed by atoms with Gasteiger partial charge in [0.1, 0.15) is 23.3 Å². The van der Waals surface area contributed by atoms with E-state index >= 15 is 8.78 Å². The fourth-order valence-electron chi connectivity index (χ4n) is 14.0. The van der Waals surface area contributed by atoms with Crippen LogP contribution in [-0.2, 0) is 40.5 Å². The van der Waals surface area contributed by atoms with Gasteiger partial charge >= 0.3 is 29.6 Å². The number of sulfonamides is 2. The van der Waals surface area contributed by atoms with E-state index in [1.165, 1.54) is 72.4 Å². The fraction of sp³-hybridized carbons (Fsp3) is 0.611. The fourth-order valence-corrected chi connectivity index (χ4v) is 20.1. The van der Waals surface area contributed by atoms with Crippen molar-refractivity contribution in [2.24, 2.45) is 11.8 Å². The van der Waals surface area contributed by atoms with E-state index in [1.54, 1.807) is 28.2 Å². The van der Waals surface area contributed by atoms with Crippen molar-refractivity contribution in [3.63, 3.8) is 0 Å². The molecule has 101 heavy (non-hydrogen) atoms. The maximum absolute atomic E-state index is 15.4. The van der Waals surface area contributed by atoms with E-state index in [1.807, 2.05) is 36.4 Å². The molecule has 3 aliphatic heterocycles. The van der Waals surface area contributed by atoms with E-state index in [2.05, 4.69) is 56.7 Å². The number of anilines is 2. The molecule has 0 atom stereocenters. The van der Waals surface area contributed by atoms with Gasteiger partial charge < -0.3 is 21.0 Å². The molecule has 562 valence electrons. The van der Waals surface area contributed by atoms with Gasteiger partial charge in [0, 0.05) is 130 Å². The smallest absolute Gasteiger partial charge is 1.00 e. The second-order valence-corrected chi connectivity index (χ2v) is 35.5. The molecule has 3 heterocycles. The molecule has 0 aromatic heterocycles. The Hall–Kier alpha value is -3.26. The summed E-state index contributed by atoms with van der Waals surface area (Å²) in [6.45, 7) is 14.0. The SMILES string of the molecule is C=C(CCl)CCl.C=C1CN(S(=O)(=O)c2c(F)cc(N(C)C)cc2F)CCCN(CC2CCCCC2)CCCN(S(=O)(=O)N2CCC(c3ccccc3)CC2)C1.CN(C)c1cc(F)c(S(=O)(=O)NCCCN(CCCNS(=O)(=O)N2CCC(c3ccccc3)CC2)CC2CCCCC2)c(F)c1.[H-].[Na+]. The van der Waals surface area contributed by atoms with Gasteiger partial charge in [0.15, 0.2) is 9.79 Å². The number of alkyl halides is 2.